The Bertz CT molecular complexity index is 2780. The van der Waals surface area contributed by atoms with E-state index in [1.165, 1.54) is 0 Å². The quantitative estimate of drug-likeness (QED) is 0.0963. The van der Waals surface area contributed by atoms with Crippen molar-refractivity contribution in [1.82, 2.24) is 20.0 Å². The molecule has 0 bridgehead atoms. The van der Waals surface area contributed by atoms with Gasteiger partial charge in [-0.1, -0.05) is 97.1 Å². The fourth-order valence-electron chi connectivity index (χ4n) is 8.44. The summed E-state index contributed by atoms with van der Waals surface area (Å²) in [5.74, 6) is -0.651. The van der Waals surface area contributed by atoms with Gasteiger partial charge in [-0.3, -0.25) is 14.4 Å². The molecule has 0 aliphatic heterocycles. The molecule has 3 amide bonds. The van der Waals surface area contributed by atoms with Crippen LogP contribution in [0.4, 0.5) is 4.79 Å². The minimum absolute atomic E-state index is 0.0832. The van der Waals surface area contributed by atoms with Gasteiger partial charge >= 0.3 is 12.1 Å². The largest absolute Gasteiger partial charge is 0.459 e. The van der Waals surface area contributed by atoms with Gasteiger partial charge in [-0.2, -0.15) is 0 Å². The van der Waals surface area contributed by atoms with Crippen molar-refractivity contribution in [2.24, 2.45) is 0 Å². The first-order valence-corrected chi connectivity index (χ1v) is 21.7. The number of ether oxygens (including phenoxy) is 2. The van der Waals surface area contributed by atoms with Gasteiger partial charge in [0.15, 0.2) is 0 Å². The average molecular weight is 859 g/mol. The first kappa shape index (κ1) is 45.3. The molecule has 0 saturated heterocycles. The van der Waals surface area contributed by atoms with E-state index in [-0.39, 0.29) is 24.3 Å². The second-order valence-electron chi connectivity index (χ2n) is 18.5. The lowest BCUT2D eigenvalue weighted by Gasteiger charge is -2.26. The molecule has 0 fully saturated rings. The van der Waals surface area contributed by atoms with Gasteiger partial charge in [0.2, 0.25) is 0 Å². The third kappa shape index (κ3) is 10.0. The number of carbonyl (C=O) groups is 4. The van der Waals surface area contributed by atoms with Crippen LogP contribution in [0.25, 0.3) is 43.1 Å². The lowest BCUT2D eigenvalue weighted by molar-refractivity contribution is -0.153. The first-order chi connectivity index (χ1) is 30.4. The first-order valence-electron chi connectivity index (χ1n) is 21.7. The van der Waals surface area contributed by atoms with Crippen molar-refractivity contribution in [3.05, 3.63) is 155 Å². The third-order valence-corrected chi connectivity index (χ3v) is 11.3. The predicted octanol–water partition coefficient (Wildman–Crippen LogP) is 10.6. The number of nitrogens with one attached hydrogen (secondary N) is 1. The molecule has 0 aliphatic rings. The lowest BCUT2D eigenvalue weighted by Crippen LogP contribution is -2.34. The summed E-state index contributed by atoms with van der Waals surface area (Å²) < 4.78 is 11.2. The van der Waals surface area contributed by atoms with Crippen LogP contribution < -0.4 is 5.32 Å². The lowest BCUT2D eigenvalue weighted by atomic mass is 9.91. The molecule has 0 aromatic heterocycles. The Labute approximate surface area is 375 Å². The highest BCUT2D eigenvalue weighted by atomic mass is 16.6. The van der Waals surface area contributed by atoms with Crippen LogP contribution in [-0.4, -0.2) is 77.5 Å². The number of rotatable bonds is 12. The summed E-state index contributed by atoms with van der Waals surface area (Å²) in [5, 5.41) is 11.4. The molecule has 0 heterocycles. The van der Waals surface area contributed by atoms with E-state index in [2.05, 4.69) is 53.8 Å². The standard InChI is InChI=1S/C54H58N4O6/c1-53(2,3)63-49(59)31-55-30-45-37-18-10-12-20-39(37)46(40-21-13-11-19-38(40)45)32-56(7)50(60)35-26-28-36(29-27-35)51(61)57(8)33-47-41-22-14-16-24-43(41)48(44-25-17-15-23-42(44)47)34-58(9)52(62)64-54(4,5)6/h10-29,55H,30-34H2,1-9H3. The fourth-order valence-corrected chi connectivity index (χ4v) is 8.44. The minimum atomic E-state index is -0.616. The van der Waals surface area contributed by atoms with E-state index in [0.29, 0.717) is 37.3 Å². The molecule has 0 aliphatic carbocycles. The molecule has 0 saturated carbocycles. The van der Waals surface area contributed by atoms with Crippen molar-refractivity contribution in [3.63, 3.8) is 0 Å². The highest BCUT2D eigenvalue weighted by molar-refractivity contribution is 6.08. The van der Waals surface area contributed by atoms with Crippen molar-refractivity contribution in [2.45, 2.75) is 78.9 Å². The van der Waals surface area contributed by atoms with E-state index in [9.17, 15) is 19.2 Å². The van der Waals surface area contributed by atoms with Crippen LogP contribution in [-0.2, 0) is 40.4 Å². The molecule has 10 heteroatoms. The predicted molar refractivity (Wildman–Crippen MR) is 256 cm³/mol. The van der Waals surface area contributed by atoms with E-state index < -0.39 is 17.3 Å². The summed E-state index contributed by atoms with van der Waals surface area (Å²) in [7, 11) is 5.33. The second-order valence-corrected chi connectivity index (χ2v) is 18.5. The SMILES string of the molecule is CN(Cc1c2ccccc2c(CN(C)C(=O)c2ccc(C(=O)N(C)Cc3c4ccccc4c(CNCC(=O)OC(C)(C)C)c4ccccc34)cc2)c2ccccc12)C(=O)OC(C)(C)C. The molecule has 0 radical (unpaired) electrons. The van der Waals surface area contributed by atoms with E-state index in [0.717, 1.165) is 65.3 Å². The summed E-state index contributed by atoms with van der Waals surface area (Å²) in [6.45, 7) is 12.7. The number of hydrogen-bond donors (Lipinski definition) is 1. The molecule has 1 N–H and O–H groups in total. The summed E-state index contributed by atoms with van der Waals surface area (Å²) in [6.07, 6.45) is -0.398. The Kier molecular flexibility index (Phi) is 13.1. The Morgan fingerprint density at radius 1 is 0.438 bits per heavy atom. The van der Waals surface area contributed by atoms with Crippen LogP contribution in [0.3, 0.4) is 0 Å². The maximum absolute atomic E-state index is 14.1. The molecule has 10 nitrogen and oxygen atoms in total. The molecular weight excluding hydrogens is 801 g/mol. The molecule has 0 unspecified atom stereocenters. The van der Waals surface area contributed by atoms with Gasteiger partial charge in [0.25, 0.3) is 11.8 Å². The van der Waals surface area contributed by atoms with Crippen LogP contribution in [0.5, 0.6) is 0 Å². The van der Waals surface area contributed by atoms with Gasteiger partial charge in [0.05, 0.1) is 6.54 Å². The normalized spacial score (nSPS) is 11.8. The van der Waals surface area contributed by atoms with Crippen molar-refractivity contribution < 1.29 is 28.7 Å². The highest BCUT2D eigenvalue weighted by Gasteiger charge is 2.24. The number of benzene rings is 7. The average Bonchev–Trinajstić information content (AvgIpc) is 3.26. The molecule has 0 atom stereocenters. The minimum Gasteiger partial charge on any atom is -0.459 e. The number of nitrogens with zero attached hydrogens (tertiary/aromatic N) is 3. The molecule has 330 valence electrons. The number of fused-ring (bicyclic) bond motifs is 4. The van der Waals surface area contributed by atoms with Crippen LogP contribution in [0, 0.1) is 0 Å². The smallest absolute Gasteiger partial charge is 0.410 e. The third-order valence-electron chi connectivity index (χ3n) is 11.3. The summed E-state index contributed by atoms with van der Waals surface area (Å²) in [4.78, 5) is 58.6. The van der Waals surface area contributed by atoms with Crippen molar-refractivity contribution in [2.75, 3.05) is 27.7 Å². The molecular formula is C54H58N4O6. The monoisotopic (exact) mass is 858 g/mol. The van der Waals surface area contributed by atoms with Gasteiger partial charge in [-0.05, 0) is 131 Å². The second kappa shape index (κ2) is 18.5. The summed E-state index contributed by atoms with van der Waals surface area (Å²) in [6, 6.07) is 39.4. The van der Waals surface area contributed by atoms with Crippen molar-refractivity contribution in [1.29, 1.82) is 0 Å². The van der Waals surface area contributed by atoms with Gasteiger partial charge in [-0.15, -0.1) is 0 Å². The van der Waals surface area contributed by atoms with Gasteiger partial charge in [0.1, 0.15) is 11.2 Å². The summed E-state index contributed by atoms with van der Waals surface area (Å²) >= 11 is 0. The van der Waals surface area contributed by atoms with Crippen molar-refractivity contribution in [3.8, 4) is 0 Å². The van der Waals surface area contributed by atoms with Crippen molar-refractivity contribution >= 4 is 67.0 Å². The maximum atomic E-state index is 14.1. The van der Waals surface area contributed by atoms with Crippen LogP contribution >= 0.6 is 0 Å². The number of carbonyl (C=O) groups excluding carboxylic acids is 4. The maximum Gasteiger partial charge on any atom is 0.410 e. The van der Waals surface area contributed by atoms with E-state index in [4.69, 9.17) is 9.47 Å². The summed E-state index contributed by atoms with van der Waals surface area (Å²) in [5.41, 5.74) is 3.87. The topological polar surface area (TPSA) is 108 Å². The van der Waals surface area contributed by atoms with E-state index in [1.54, 1.807) is 60.1 Å². The Morgan fingerprint density at radius 3 is 1.05 bits per heavy atom. The van der Waals surface area contributed by atoms with Gasteiger partial charge in [0, 0.05) is 58.4 Å². The molecule has 64 heavy (non-hydrogen) atoms. The van der Waals surface area contributed by atoms with Gasteiger partial charge < -0.3 is 29.5 Å². The van der Waals surface area contributed by atoms with Gasteiger partial charge in [-0.25, -0.2) is 4.79 Å². The van der Waals surface area contributed by atoms with Crippen LogP contribution in [0.2, 0.25) is 0 Å². The molecule has 7 aromatic rings. The zero-order valence-electron chi connectivity index (χ0n) is 38.4. The Hall–Kier alpha value is -6.78. The molecule has 7 rings (SSSR count). The zero-order valence-corrected chi connectivity index (χ0v) is 38.4. The Balaban J connectivity index is 1.09. The molecule has 7 aromatic carbocycles. The van der Waals surface area contributed by atoms with Crippen LogP contribution in [0.1, 0.15) is 84.5 Å². The highest BCUT2D eigenvalue weighted by Crippen LogP contribution is 2.36. The van der Waals surface area contributed by atoms with E-state index >= 15 is 0 Å². The zero-order chi connectivity index (χ0) is 45.9. The number of amides is 3. The fraction of sp³-hybridized carbons (Fsp3) is 0.296. The van der Waals surface area contributed by atoms with E-state index in [1.807, 2.05) is 90.1 Å². The molecule has 0 spiro atoms. The van der Waals surface area contributed by atoms with Crippen LogP contribution in [0.15, 0.2) is 121 Å². The Morgan fingerprint density at radius 2 is 0.734 bits per heavy atom. The number of esters is 1. The number of hydrogen-bond acceptors (Lipinski definition) is 7.